The van der Waals surface area contributed by atoms with Crippen molar-refractivity contribution in [2.75, 3.05) is 5.32 Å². The Bertz CT molecular complexity index is 637. The maximum absolute atomic E-state index is 12.2. The number of benzene rings is 2. The van der Waals surface area contributed by atoms with Gasteiger partial charge in [-0.3, -0.25) is 4.79 Å². The molecule has 0 radical (unpaired) electrons. The molecule has 0 aliphatic rings. The summed E-state index contributed by atoms with van der Waals surface area (Å²) in [6.45, 7) is 6.11. The van der Waals surface area contributed by atoms with Crippen molar-refractivity contribution in [3.63, 3.8) is 0 Å². The molecule has 0 aliphatic heterocycles. The molecule has 0 saturated carbocycles. The Morgan fingerprint density at radius 1 is 1.09 bits per heavy atom. The van der Waals surface area contributed by atoms with Gasteiger partial charge in [0, 0.05) is 10.2 Å². The lowest BCUT2D eigenvalue weighted by Gasteiger charge is -2.15. The van der Waals surface area contributed by atoms with Crippen LogP contribution in [-0.2, 0) is 4.79 Å². The van der Waals surface area contributed by atoms with Gasteiger partial charge in [-0.05, 0) is 61.2 Å². The SMILES string of the molecule is CC[C@@H](C)c1ccc(NC(=O)[C@H](C)Oc2ccc(Br)cc2)cc1. The van der Waals surface area contributed by atoms with Crippen molar-refractivity contribution in [1.82, 2.24) is 0 Å². The smallest absolute Gasteiger partial charge is 0.265 e. The van der Waals surface area contributed by atoms with Gasteiger partial charge >= 0.3 is 0 Å². The molecule has 122 valence electrons. The highest BCUT2D eigenvalue weighted by Gasteiger charge is 2.15. The average molecular weight is 376 g/mol. The second kappa shape index (κ2) is 8.16. The Labute approximate surface area is 146 Å². The molecule has 4 heteroatoms. The van der Waals surface area contributed by atoms with Crippen LogP contribution in [0.5, 0.6) is 5.75 Å². The van der Waals surface area contributed by atoms with Crippen molar-refractivity contribution in [3.05, 3.63) is 58.6 Å². The lowest BCUT2D eigenvalue weighted by Crippen LogP contribution is -2.30. The first-order valence-corrected chi connectivity index (χ1v) is 8.62. The van der Waals surface area contributed by atoms with Crippen LogP contribution in [0.1, 0.15) is 38.7 Å². The number of amides is 1. The number of anilines is 1. The van der Waals surface area contributed by atoms with Gasteiger partial charge in [0.2, 0.25) is 0 Å². The fourth-order valence-electron chi connectivity index (χ4n) is 2.15. The van der Waals surface area contributed by atoms with Crippen molar-refractivity contribution >= 4 is 27.5 Å². The summed E-state index contributed by atoms with van der Waals surface area (Å²) in [7, 11) is 0. The predicted octanol–water partition coefficient (Wildman–Crippen LogP) is 5.37. The summed E-state index contributed by atoms with van der Waals surface area (Å²) in [5, 5.41) is 2.88. The maximum Gasteiger partial charge on any atom is 0.265 e. The molecule has 3 nitrogen and oxygen atoms in total. The van der Waals surface area contributed by atoms with Gasteiger partial charge in [0.25, 0.3) is 5.91 Å². The highest BCUT2D eigenvalue weighted by Crippen LogP contribution is 2.21. The van der Waals surface area contributed by atoms with Crippen LogP contribution in [0.2, 0.25) is 0 Å². The first kappa shape index (κ1) is 17.5. The minimum atomic E-state index is -0.564. The third-order valence-electron chi connectivity index (χ3n) is 3.86. The number of ether oxygens (including phenoxy) is 1. The van der Waals surface area contributed by atoms with Gasteiger partial charge in [-0.25, -0.2) is 0 Å². The lowest BCUT2D eigenvalue weighted by molar-refractivity contribution is -0.122. The number of nitrogens with one attached hydrogen (secondary N) is 1. The molecule has 0 saturated heterocycles. The van der Waals surface area contributed by atoms with Crippen LogP contribution in [0, 0.1) is 0 Å². The molecule has 0 aliphatic carbocycles. The van der Waals surface area contributed by atoms with Crippen LogP contribution in [0.4, 0.5) is 5.69 Å². The number of hydrogen-bond donors (Lipinski definition) is 1. The largest absolute Gasteiger partial charge is 0.481 e. The van der Waals surface area contributed by atoms with Gasteiger partial charge in [-0.1, -0.05) is 41.9 Å². The number of carbonyl (C=O) groups is 1. The molecule has 2 aromatic carbocycles. The molecule has 0 spiro atoms. The molecule has 2 atom stereocenters. The molecule has 1 amide bonds. The van der Waals surface area contributed by atoms with E-state index in [0.29, 0.717) is 11.7 Å². The number of hydrogen-bond acceptors (Lipinski definition) is 2. The van der Waals surface area contributed by atoms with E-state index in [4.69, 9.17) is 4.74 Å². The molecule has 0 unspecified atom stereocenters. The summed E-state index contributed by atoms with van der Waals surface area (Å²) in [6.07, 6.45) is 0.537. The molecule has 0 aromatic heterocycles. The van der Waals surface area contributed by atoms with Gasteiger partial charge in [0.15, 0.2) is 6.10 Å². The standard InChI is InChI=1S/C19H22BrNO2/c1-4-13(2)15-5-9-17(10-6-15)21-19(22)14(3)23-18-11-7-16(20)8-12-18/h5-14H,4H2,1-3H3,(H,21,22)/t13-,14+/m1/s1. The van der Waals surface area contributed by atoms with Crippen LogP contribution in [0.3, 0.4) is 0 Å². The Balaban J connectivity index is 1.93. The maximum atomic E-state index is 12.2. The van der Waals surface area contributed by atoms with Crippen LogP contribution in [0.25, 0.3) is 0 Å². The molecular formula is C19H22BrNO2. The summed E-state index contributed by atoms with van der Waals surface area (Å²) in [4.78, 5) is 12.2. The molecule has 0 fully saturated rings. The van der Waals surface area contributed by atoms with E-state index in [1.807, 2.05) is 36.4 Å². The molecule has 1 N–H and O–H groups in total. The third-order valence-corrected chi connectivity index (χ3v) is 4.38. The van der Waals surface area contributed by atoms with Gasteiger partial charge in [-0.15, -0.1) is 0 Å². The minimum absolute atomic E-state index is 0.163. The predicted molar refractivity (Wildman–Crippen MR) is 98.0 cm³/mol. The van der Waals surface area contributed by atoms with E-state index in [9.17, 15) is 4.79 Å². The van der Waals surface area contributed by atoms with Crippen LogP contribution >= 0.6 is 15.9 Å². The van der Waals surface area contributed by atoms with Crippen molar-refractivity contribution in [1.29, 1.82) is 0 Å². The molecule has 2 rings (SSSR count). The second-order valence-corrected chi connectivity index (χ2v) is 6.55. The highest BCUT2D eigenvalue weighted by molar-refractivity contribution is 9.10. The molecule has 2 aromatic rings. The number of halogens is 1. The zero-order valence-electron chi connectivity index (χ0n) is 13.7. The summed E-state index contributed by atoms with van der Waals surface area (Å²) in [6, 6.07) is 15.4. The number of rotatable bonds is 6. The molecule has 0 heterocycles. The van der Waals surface area contributed by atoms with E-state index >= 15 is 0 Å². The molecule has 0 bridgehead atoms. The van der Waals surface area contributed by atoms with Gasteiger partial charge in [0.05, 0.1) is 0 Å². The fraction of sp³-hybridized carbons (Fsp3) is 0.316. The summed E-state index contributed by atoms with van der Waals surface area (Å²) in [5.41, 5.74) is 2.07. The van der Waals surface area contributed by atoms with Crippen molar-refractivity contribution in [3.8, 4) is 5.75 Å². The first-order chi connectivity index (χ1) is 11.0. The minimum Gasteiger partial charge on any atom is -0.481 e. The Morgan fingerprint density at radius 3 is 2.26 bits per heavy atom. The van der Waals surface area contributed by atoms with Crippen molar-refractivity contribution < 1.29 is 9.53 Å². The topological polar surface area (TPSA) is 38.3 Å². The van der Waals surface area contributed by atoms with Crippen molar-refractivity contribution in [2.24, 2.45) is 0 Å². The molecular weight excluding hydrogens is 354 g/mol. The Kier molecular flexibility index (Phi) is 6.22. The van der Waals surface area contributed by atoms with E-state index in [-0.39, 0.29) is 5.91 Å². The van der Waals surface area contributed by atoms with Gasteiger partial charge < -0.3 is 10.1 Å². The molecule has 23 heavy (non-hydrogen) atoms. The van der Waals surface area contributed by atoms with Crippen molar-refractivity contribution in [2.45, 2.75) is 39.2 Å². The lowest BCUT2D eigenvalue weighted by atomic mass is 9.99. The van der Waals surface area contributed by atoms with E-state index in [1.54, 1.807) is 6.92 Å². The summed E-state index contributed by atoms with van der Waals surface area (Å²) < 4.78 is 6.63. The fourth-order valence-corrected chi connectivity index (χ4v) is 2.41. The Morgan fingerprint density at radius 2 is 1.70 bits per heavy atom. The number of carbonyl (C=O) groups excluding carboxylic acids is 1. The normalized spacial score (nSPS) is 13.2. The third kappa shape index (κ3) is 5.10. The van der Waals surface area contributed by atoms with Gasteiger partial charge in [0.1, 0.15) is 5.75 Å². The highest BCUT2D eigenvalue weighted by atomic mass is 79.9. The first-order valence-electron chi connectivity index (χ1n) is 7.82. The van der Waals surface area contributed by atoms with E-state index in [0.717, 1.165) is 16.6 Å². The summed E-state index contributed by atoms with van der Waals surface area (Å²) >= 11 is 3.37. The van der Waals surface area contributed by atoms with Crippen LogP contribution < -0.4 is 10.1 Å². The monoisotopic (exact) mass is 375 g/mol. The summed E-state index contributed by atoms with van der Waals surface area (Å²) in [5.74, 6) is 1.03. The van der Waals surface area contributed by atoms with E-state index < -0.39 is 6.10 Å². The van der Waals surface area contributed by atoms with E-state index in [1.165, 1.54) is 5.56 Å². The van der Waals surface area contributed by atoms with E-state index in [2.05, 4.69) is 47.2 Å². The zero-order valence-corrected chi connectivity index (χ0v) is 15.3. The Hall–Kier alpha value is -1.81. The zero-order chi connectivity index (χ0) is 16.8. The quantitative estimate of drug-likeness (QED) is 0.736. The average Bonchev–Trinajstić information content (AvgIpc) is 2.56. The second-order valence-electron chi connectivity index (χ2n) is 5.63. The van der Waals surface area contributed by atoms with Crippen LogP contribution in [-0.4, -0.2) is 12.0 Å². The van der Waals surface area contributed by atoms with Crippen LogP contribution in [0.15, 0.2) is 53.0 Å². The van der Waals surface area contributed by atoms with Gasteiger partial charge in [-0.2, -0.15) is 0 Å².